The van der Waals surface area contributed by atoms with Crippen LogP contribution in [0.4, 0.5) is 5.69 Å². The van der Waals surface area contributed by atoms with Gasteiger partial charge >= 0.3 is 5.97 Å². The minimum Gasteiger partial charge on any atom is -0.487 e. The van der Waals surface area contributed by atoms with Gasteiger partial charge in [0.25, 0.3) is 0 Å². The predicted molar refractivity (Wildman–Crippen MR) is 98.4 cm³/mol. The number of nitrogens with one attached hydrogen (secondary N) is 1. The second-order valence-electron chi connectivity index (χ2n) is 7.63. The maximum atomic E-state index is 12.5. The van der Waals surface area contributed by atoms with Gasteiger partial charge in [-0.3, -0.25) is 9.59 Å². The number of fused-ring (bicyclic) bond motifs is 3. The van der Waals surface area contributed by atoms with Crippen LogP contribution in [0.15, 0.2) is 18.2 Å². The Morgan fingerprint density at radius 2 is 2.00 bits per heavy atom. The van der Waals surface area contributed by atoms with E-state index in [-0.39, 0.29) is 36.9 Å². The molecule has 0 bridgehead atoms. The van der Waals surface area contributed by atoms with Crippen molar-refractivity contribution in [3.63, 3.8) is 0 Å². The Balaban J connectivity index is 1.51. The second-order valence-corrected chi connectivity index (χ2v) is 7.63. The van der Waals surface area contributed by atoms with Crippen LogP contribution in [-0.4, -0.2) is 60.2 Å². The molecule has 0 saturated carbocycles. The van der Waals surface area contributed by atoms with Gasteiger partial charge in [-0.2, -0.15) is 0 Å². The highest BCUT2D eigenvalue weighted by atomic mass is 16.6. The molecule has 4 rings (SSSR count). The van der Waals surface area contributed by atoms with E-state index in [4.69, 9.17) is 19.3 Å². The fourth-order valence-electron chi connectivity index (χ4n) is 4.37. The summed E-state index contributed by atoms with van der Waals surface area (Å²) in [5.74, 6) is -0.380. The number of hydrogen-bond acceptors (Lipinski definition) is 6. The zero-order chi connectivity index (χ0) is 19.7. The predicted octanol–water partition coefficient (Wildman–Crippen LogP) is 1.52. The van der Waals surface area contributed by atoms with E-state index < -0.39 is 18.2 Å². The van der Waals surface area contributed by atoms with E-state index >= 15 is 0 Å². The summed E-state index contributed by atoms with van der Waals surface area (Å²) in [6.07, 6.45) is 0.411. The highest BCUT2D eigenvalue weighted by molar-refractivity contribution is 5.92. The molecule has 1 aromatic carbocycles. The third kappa shape index (κ3) is 3.85. The molecule has 0 radical (unpaired) electrons. The van der Waals surface area contributed by atoms with Gasteiger partial charge in [0, 0.05) is 36.3 Å². The Labute approximate surface area is 162 Å². The maximum absolute atomic E-state index is 12.5. The zero-order valence-electron chi connectivity index (χ0n) is 15.5. The van der Waals surface area contributed by atoms with Gasteiger partial charge in [-0.15, -0.1) is 0 Å². The summed E-state index contributed by atoms with van der Waals surface area (Å²) in [6.45, 7) is 0.972. The molecule has 8 heteroatoms. The fourth-order valence-corrected chi connectivity index (χ4v) is 4.37. The highest BCUT2D eigenvalue weighted by Crippen LogP contribution is 2.47. The first-order valence-corrected chi connectivity index (χ1v) is 9.72. The first-order valence-electron chi connectivity index (χ1n) is 9.72. The normalized spacial score (nSPS) is 29.5. The van der Waals surface area contributed by atoms with Crippen LogP contribution in [0, 0.1) is 5.92 Å². The highest BCUT2D eigenvalue weighted by Gasteiger charge is 2.46. The Hall–Kier alpha value is -2.16. The van der Waals surface area contributed by atoms with Crippen LogP contribution in [0.25, 0.3) is 0 Å². The minimum atomic E-state index is -0.934. The Kier molecular flexibility index (Phi) is 5.52. The summed E-state index contributed by atoms with van der Waals surface area (Å²) in [6, 6.07) is 5.51. The van der Waals surface area contributed by atoms with Crippen molar-refractivity contribution in [2.45, 2.75) is 49.9 Å². The van der Waals surface area contributed by atoms with E-state index in [0.717, 1.165) is 18.4 Å². The minimum absolute atomic E-state index is 0.0114. The molecule has 3 N–H and O–H groups in total. The second kappa shape index (κ2) is 8.06. The average Bonchev–Trinajstić information content (AvgIpc) is 3.05. The summed E-state index contributed by atoms with van der Waals surface area (Å²) in [5.41, 5.74) is 1.62. The molecular formula is C20H25NO7. The van der Waals surface area contributed by atoms with Gasteiger partial charge in [0.1, 0.15) is 18.0 Å². The van der Waals surface area contributed by atoms with Crippen molar-refractivity contribution in [2.24, 2.45) is 5.92 Å². The number of anilines is 1. The Bertz CT molecular complexity index is 746. The van der Waals surface area contributed by atoms with Crippen molar-refractivity contribution in [3.05, 3.63) is 23.8 Å². The number of aliphatic hydroxyl groups excluding tert-OH is 1. The van der Waals surface area contributed by atoms with E-state index in [1.165, 1.54) is 0 Å². The molecule has 0 aromatic heterocycles. The van der Waals surface area contributed by atoms with Crippen LogP contribution in [0.3, 0.4) is 0 Å². The lowest BCUT2D eigenvalue weighted by molar-refractivity contribution is -0.153. The molecule has 1 aromatic rings. The number of carboxylic acid groups (broad SMARTS) is 1. The van der Waals surface area contributed by atoms with Crippen molar-refractivity contribution < 1.29 is 34.0 Å². The van der Waals surface area contributed by atoms with Crippen molar-refractivity contribution in [1.82, 2.24) is 0 Å². The van der Waals surface area contributed by atoms with Gasteiger partial charge < -0.3 is 29.7 Å². The largest absolute Gasteiger partial charge is 0.487 e. The van der Waals surface area contributed by atoms with Gasteiger partial charge in [0.15, 0.2) is 0 Å². The topological polar surface area (TPSA) is 114 Å². The molecule has 4 atom stereocenters. The van der Waals surface area contributed by atoms with Gasteiger partial charge in [-0.05, 0) is 37.5 Å². The van der Waals surface area contributed by atoms with Gasteiger partial charge in [0.2, 0.25) is 5.91 Å². The molecule has 28 heavy (non-hydrogen) atoms. The molecule has 0 unspecified atom stereocenters. The van der Waals surface area contributed by atoms with Crippen LogP contribution >= 0.6 is 0 Å². The summed E-state index contributed by atoms with van der Waals surface area (Å²) >= 11 is 0. The van der Waals surface area contributed by atoms with Crippen molar-refractivity contribution in [1.29, 1.82) is 0 Å². The summed E-state index contributed by atoms with van der Waals surface area (Å²) in [5, 5.41) is 21.7. The lowest BCUT2D eigenvalue weighted by atomic mass is 9.84. The first kappa shape index (κ1) is 19.2. The Morgan fingerprint density at radius 3 is 2.71 bits per heavy atom. The van der Waals surface area contributed by atoms with Crippen LogP contribution < -0.4 is 10.1 Å². The molecule has 3 heterocycles. The molecule has 2 fully saturated rings. The Morgan fingerprint density at radius 1 is 1.21 bits per heavy atom. The van der Waals surface area contributed by atoms with E-state index in [2.05, 4.69) is 5.32 Å². The van der Waals surface area contributed by atoms with Crippen molar-refractivity contribution >= 4 is 17.6 Å². The summed E-state index contributed by atoms with van der Waals surface area (Å²) < 4.78 is 17.0. The molecule has 3 aliphatic rings. The molecule has 3 aliphatic heterocycles. The maximum Gasteiger partial charge on any atom is 0.305 e. The number of carbonyl (C=O) groups is 2. The van der Waals surface area contributed by atoms with Crippen LogP contribution in [0.2, 0.25) is 0 Å². The monoisotopic (exact) mass is 391 g/mol. The number of amides is 1. The molecule has 0 aliphatic carbocycles. The molecular weight excluding hydrogens is 366 g/mol. The number of benzene rings is 1. The van der Waals surface area contributed by atoms with Crippen LogP contribution in [0.5, 0.6) is 5.75 Å². The fraction of sp³-hybridized carbons (Fsp3) is 0.600. The SMILES string of the molecule is O=C(O)C[C@H]1C[C@H]2c3cc(NC(=O)C4CCOCC4)ccc3O[C@H]2[C@@H](CO)O1. The van der Waals surface area contributed by atoms with Gasteiger partial charge in [-0.1, -0.05) is 0 Å². The smallest absolute Gasteiger partial charge is 0.305 e. The number of carboxylic acids is 1. The van der Waals surface area contributed by atoms with Crippen molar-refractivity contribution in [2.75, 3.05) is 25.1 Å². The van der Waals surface area contributed by atoms with E-state index in [1.807, 2.05) is 12.1 Å². The van der Waals surface area contributed by atoms with E-state index in [0.29, 0.717) is 31.1 Å². The number of aliphatic hydroxyl groups is 1. The third-order valence-electron chi connectivity index (χ3n) is 5.76. The first-order chi connectivity index (χ1) is 13.5. The van der Waals surface area contributed by atoms with Gasteiger partial charge in [-0.25, -0.2) is 0 Å². The van der Waals surface area contributed by atoms with Crippen molar-refractivity contribution in [3.8, 4) is 5.75 Å². The number of aliphatic carboxylic acids is 1. The number of rotatable bonds is 5. The molecule has 1 amide bonds. The van der Waals surface area contributed by atoms with Crippen LogP contribution in [0.1, 0.15) is 37.2 Å². The van der Waals surface area contributed by atoms with Gasteiger partial charge in [0.05, 0.1) is 19.1 Å². The molecule has 8 nitrogen and oxygen atoms in total. The quantitative estimate of drug-likeness (QED) is 0.697. The third-order valence-corrected chi connectivity index (χ3v) is 5.76. The lowest BCUT2D eigenvalue weighted by Crippen LogP contribution is -2.46. The van der Waals surface area contributed by atoms with Crippen LogP contribution in [-0.2, 0) is 19.1 Å². The molecule has 0 spiro atoms. The number of hydrogen-bond donors (Lipinski definition) is 3. The van der Waals surface area contributed by atoms with E-state index in [1.54, 1.807) is 6.07 Å². The van der Waals surface area contributed by atoms with E-state index in [9.17, 15) is 14.7 Å². The lowest BCUT2D eigenvalue weighted by Gasteiger charge is -2.36. The standard InChI is InChI=1S/C20H25NO7/c22-10-17-19-15(8-13(27-17)9-18(23)24)14-7-12(1-2-16(14)28-19)21-20(25)11-3-5-26-6-4-11/h1-2,7,11,13,15,17,19,22H,3-6,8-10H2,(H,21,25)(H,23,24)/t13-,15+,17-,19-/m1/s1. The summed E-state index contributed by atoms with van der Waals surface area (Å²) in [4.78, 5) is 23.6. The molecule has 152 valence electrons. The number of ether oxygens (including phenoxy) is 3. The average molecular weight is 391 g/mol. The zero-order valence-corrected chi connectivity index (χ0v) is 15.5. The number of carbonyl (C=O) groups excluding carboxylic acids is 1. The molecule has 2 saturated heterocycles. The summed E-state index contributed by atoms with van der Waals surface area (Å²) in [7, 11) is 0.